The highest BCUT2D eigenvalue weighted by Gasteiger charge is 2.17. The molecule has 0 bridgehead atoms. The van der Waals surface area contributed by atoms with Crippen LogP contribution < -0.4 is 9.46 Å². The van der Waals surface area contributed by atoms with Gasteiger partial charge in [-0.05, 0) is 57.5 Å². The van der Waals surface area contributed by atoms with E-state index in [4.69, 9.17) is 4.74 Å². The average Bonchev–Trinajstić information content (AvgIpc) is 3.28. The van der Waals surface area contributed by atoms with E-state index in [-0.39, 0.29) is 5.03 Å². The second-order valence-corrected chi connectivity index (χ2v) is 9.06. The standard InChI is InChI=1S/C21H23N7O3S/c1-13-14(2)25-28(15(13)3)19-10-20(24-16(4)23-19)31-18-8-6-17(7-9-18)26-32(29,30)21-11-27(5)12-22-21/h6-12,26H,1-5H3. The Bertz CT molecular complexity index is 1390. The van der Waals surface area contributed by atoms with E-state index in [0.29, 0.717) is 29.0 Å². The smallest absolute Gasteiger partial charge is 0.280 e. The van der Waals surface area contributed by atoms with Gasteiger partial charge in [0.1, 0.15) is 11.6 Å². The van der Waals surface area contributed by atoms with Crippen molar-refractivity contribution in [2.24, 2.45) is 7.05 Å². The molecule has 4 aromatic rings. The number of hydrogen-bond donors (Lipinski definition) is 1. The van der Waals surface area contributed by atoms with Gasteiger partial charge in [0, 0.05) is 30.7 Å². The Balaban J connectivity index is 1.54. The number of hydrogen-bond acceptors (Lipinski definition) is 7. The summed E-state index contributed by atoms with van der Waals surface area (Å²) in [6.45, 7) is 7.74. The predicted octanol–water partition coefficient (Wildman–Crippen LogP) is 3.22. The molecule has 0 aliphatic heterocycles. The van der Waals surface area contributed by atoms with Gasteiger partial charge in [-0.25, -0.2) is 14.6 Å². The molecule has 0 fully saturated rings. The Labute approximate surface area is 186 Å². The Morgan fingerprint density at radius 1 is 1.03 bits per heavy atom. The van der Waals surface area contributed by atoms with Gasteiger partial charge in [0.25, 0.3) is 10.0 Å². The van der Waals surface area contributed by atoms with Gasteiger partial charge in [-0.2, -0.15) is 18.5 Å². The highest BCUT2D eigenvalue weighted by molar-refractivity contribution is 7.92. The van der Waals surface area contributed by atoms with Gasteiger partial charge in [0.2, 0.25) is 5.88 Å². The minimum absolute atomic E-state index is 0.0521. The van der Waals surface area contributed by atoms with Gasteiger partial charge in [0.05, 0.1) is 12.0 Å². The van der Waals surface area contributed by atoms with Gasteiger partial charge < -0.3 is 9.30 Å². The van der Waals surface area contributed by atoms with Crippen LogP contribution in [0.5, 0.6) is 11.6 Å². The molecule has 166 valence electrons. The molecule has 4 rings (SSSR count). The van der Waals surface area contributed by atoms with E-state index in [1.807, 2.05) is 20.8 Å². The summed E-state index contributed by atoms with van der Waals surface area (Å²) in [4.78, 5) is 12.7. The van der Waals surface area contributed by atoms with Gasteiger partial charge in [-0.15, -0.1) is 0 Å². The van der Waals surface area contributed by atoms with Crippen molar-refractivity contribution in [2.45, 2.75) is 32.7 Å². The lowest BCUT2D eigenvalue weighted by molar-refractivity contribution is 0.459. The fraction of sp³-hybridized carbons (Fsp3) is 0.238. The monoisotopic (exact) mass is 453 g/mol. The maximum atomic E-state index is 12.4. The van der Waals surface area contributed by atoms with Gasteiger partial charge in [-0.1, -0.05) is 0 Å². The highest BCUT2D eigenvalue weighted by atomic mass is 32.2. The minimum atomic E-state index is -3.76. The molecule has 0 unspecified atom stereocenters. The molecule has 3 aromatic heterocycles. The third-order valence-corrected chi connectivity index (χ3v) is 6.22. The lowest BCUT2D eigenvalue weighted by atomic mass is 10.2. The first-order valence-corrected chi connectivity index (χ1v) is 11.3. The van der Waals surface area contributed by atoms with Crippen LogP contribution in [-0.2, 0) is 17.1 Å². The summed E-state index contributed by atoms with van der Waals surface area (Å²) in [6.07, 6.45) is 2.86. The number of imidazole rings is 1. The summed E-state index contributed by atoms with van der Waals surface area (Å²) >= 11 is 0. The molecule has 0 aliphatic carbocycles. The molecular formula is C21H23N7O3S. The van der Waals surface area contributed by atoms with Crippen molar-refractivity contribution < 1.29 is 13.2 Å². The van der Waals surface area contributed by atoms with Crippen LogP contribution in [0.25, 0.3) is 5.82 Å². The predicted molar refractivity (Wildman–Crippen MR) is 119 cm³/mol. The van der Waals surface area contributed by atoms with Crippen LogP contribution in [0.4, 0.5) is 5.69 Å². The number of sulfonamides is 1. The van der Waals surface area contributed by atoms with Crippen molar-refractivity contribution in [1.29, 1.82) is 0 Å². The molecule has 0 atom stereocenters. The quantitative estimate of drug-likeness (QED) is 0.476. The summed E-state index contributed by atoms with van der Waals surface area (Å²) in [5.74, 6) is 2.02. The second kappa shape index (κ2) is 8.08. The lowest BCUT2D eigenvalue weighted by Gasteiger charge is -2.10. The maximum Gasteiger partial charge on any atom is 0.280 e. The molecule has 0 saturated heterocycles. The summed E-state index contributed by atoms with van der Waals surface area (Å²) in [5, 5.41) is 4.49. The Morgan fingerprint density at radius 2 is 1.75 bits per heavy atom. The SMILES string of the molecule is Cc1nc(Oc2ccc(NS(=O)(=O)c3cn(C)cn3)cc2)cc(-n2nc(C)c(C)c2C)n1. The third-order valence-electron chi connectivity index (χ3n) is 4.96. The van der Waals surface area contributed by atoms with Crippen LogP contribution >= 0.6 is 0 Å². The van der Waals surface area contributed by atoms with E-state index in [2.05, 4.69) is 24.8 Å². The van der Waals surface area contributed by atoms with Crippen molar-refractivity contribution in [2.75, 3.05) is 4.72 Å². The molecule has 11 heteroatoms. The molecular weight excluding hydrogens is 430 g/mol. The van der Waals surface area contributed by atoms with Crippen LogP contribution in [-0.4, -0.2) is 37.7 Å². The first-order valence-electron chi connectivity index (χ1n) is 9.80. The zero-order chi connectivity index (χ0) is 23.0. The summed E-state index contributed by atoms with van der Waals surface area (Å²) in [5.41, 5.74) is 3.43. The molecule has 0 aliphatic rings. The molecule has 32 heavy (non-hydrogen) atoms. The first kappa shape index (κ1) is 21.5. The van der Waals surface area contributed by atoms with E-state index in [0.717, 1.165) is 17.0 Å². The topological polar surface area (TPSA) is 117 Å². The molecule has 0 amide bonds. The van der Waals surface area contributed by atoms with E-state index in [9.17, 15) is 8.42 Å². The molecule has 1 aromatic carbocycles. The molecule has 1 N–H and O–H groups in total. The largest absolute Gasteiger partial charge is 0.439 e. The Morgan fingerprint density at radius 3 is 2.34 bits per heavy atom. The zero-order valence-corrected chi connectivity index (χ0v) is 19.2. The van der Waals surface area contributed by atoms with Crippen LogP contribution in [0.3, 0.4) is 0 Å². The lowest BCUT2D eigenvalue weighted by Crippen LogP contribution is -2.13. The van der Waals surface area contributed by atoms with E-state index in [1.165, 1.54) is 12.5 Å². The van der Waals surface area contributed by atoms with Crippen molar-refractivity contribution in [3.8, 4) is 17.4 Å². The fourth-order valence-electron chi connectivity index (χ4n) is 3.08. The summed E-state index contributed by atoms with van der Waals surface area (Å²) in [7, 11) is -2.06. The number of aromatic nitrogens is 6. The molecule has 0 radical (unpaired) electrons. The molecule has 10 nitrogen and oxygen atoms in total. The van der Waals surface area contributed by atoms with Crippen molar-refractivity contribution in [1.82, 2.24) is 29.3 Å². The molecule has 3 heterocycles. The van der Waals surface area contributed by atoms with E-state index in [1.54, 1.807) is 53.6 Å². The number of anilines is 1. The van der Waals surface area contributed by atoms with Gasteiger partial charge >= 0.3 is 0 Å². The Kier molecular flexibility index (Phi) is 5.43. The number of ether oxygens (including phenoxy) is 1. The minimum Gasteiger partial charge on any atom is -0.439 e. The van der Waals surface area contributed by atoms with Crippen molar-refractivity contribution in [3.63, 3.8) is 0 Å². The second-order valence-electron chi connectivity index (χ2n) is 7.43. The van der Waals surface area contributed by atoms with Crippen LogP contribution in [0.15, 0.2) is 47.9 Å². The zero-order valence-electron chi connectivity index (χ0n) is 18.4. The first-order chi connectivity index (χ1) is 15.1. The van der Waals surface area contributed by atoms with E-state index < -0.39 is 10.0 Å². The number of benzene rings is 1. The highest BCUT2D eigenvalue weighted by Crippen LogP contribution is 2.25. The number of nitrogens with one attached hydrogen (secondary N) is 1. The van der Waals surface area contributed by atoms with Crippen LogP contribution in [0, 0.1) is 27.7 Å². The van der Waals surface area contributed by atoms with Gasteiger partial charge in [-0.3, -0.25) is 4.72 Å². The maximum absolute atomic E-state index is 12.4. The summed E-state index contributed by atoms with van der Waals surface area (Å²) < 4.78 is 36.5. The number of nitrogens with zero attached hydrogens (tertiary/aromatic N) is 6. The van der Waals surface area contributed by atoms with Crippen LogP contribution in [0.2, 0.25) is 0 Å². The average molecular weight is 454 g/mol. The normalized spacial score (nSPS) is 11.5. The fourth-order valence-corrected chi connectivity index (χ4v) is 4.12. The molecule has 0 saturated carbocycles. The number of rotatable bonds is 6. The Hall–Kier alpha value is -3.73. The van der Waals surface area contributed by atoms with E-state index >= 15 is 0 Å². The molecule has 0 spiro atoms. The summed E-state index contributed by atoms with van der Waals surface area (Å²) in [6, 6.07) is 8.23. The van der Waals surface area contributed by atoms with Crippen molar-refractivity contribution >= 4 is 15.7 Å². The third kappa shape index (κ3) is 4.33. The van der Waals surface area contributed by atoms with Gasteiger partial charge in [0.15, 0.2) is 10.8 Å². The number of aryl methyl sites for hydroxylation is 3. The van der Waals surface area contributed by atoms with Crippen LogP contribution in [0.1, 0.15) is 22.8 Å². The van der Waals surface area contributed by atoms with Crippen molar-refractivity contribution in [3.05, 3.63) is 65.6 Å².